The smallest absolute Gasteiger partial charge is 0.244 e. The summed E-state index contributed by atoms with van der Waals surface area (Å²) in [6.45, 7) is 2.11. The van der Waals surface area contributed by atoms with Gasteiger partial charge < -0.3 is 10.1 Å². The van der Waals surface area contributed by atoms with E-state index in [-0.39, 0.29) is 5.91 Å². The van der Waals surface area contributed by atoms with Gasteiger partial charge in [0.1, 0.15) is 18.7 Å². The van der Waals surface area contributed by atoms with Gasteiger partial charge in [-0.05, 0) is 13.0 Å². The molecule has 1 amide bonds. The van der Waals surface area contributed by atoms with Gasteiger partial charge in [-0.15, -0.1) is 0 Å². The topological polar surface area (TPSA) is 81.9 Å². The third kappa shape index (κ3) is 3.06. The van der Waals surface area contributed by atoms with E-state index in [1.165, 1.54) is 17.3 Å². The fourth-order valence-corrected chi connectivity index (χ4v) is 1.61. The van der Waals surface area contributed by atoms with E-state index in [0.29, 0.717) is 12.4 Å². The Balaban J connectivity index is 1.97. The van der Waals surface area contributed by atoms with Crippen molar-refractivity contribution in [3.63, 3.8) is 0 Å². The summed E-state index contributed by atoms with van der Waals surface area (Å²) in [6.07, 6.45) is 4.55. The maximum atomic E-state index is 12.0. The zero-order valence-electron chi connectivity index (χ0n) is 10.8. The van der Waals surface area contributed by atoms with Gasteiger partial charge in [0, 0.05) is 18.3 Å². The van der Waals surface area contributed by atoms with Crippen molar-refractivity contribution in [2.75, 3.05) is 7.11 Å². The van der Waals surface area contributed by atoms with Crippen molar-refractivity contribution in [3.8, 4) is 5.88 Å². The summed E-state index contributed by atoms with van der Waals surface area (Å²) in [4.78, 5) is 19.8. The highest BCUT2D eigenvalue weighted by Gasteiger charge is 2.15. The highest BCUT2D eigenvalue weighted by Crippen LogP contribution is 2.13. The second-order valence-corrected chi connectivity index (χ2v) is 3.94. The van der Waals surface area contributed by atoms with Crippen LogP contribution in [0.4, 0.5) is 0 Å². The zero-order valence-corrected chi connectivity index (χ0v) is 10.8. The van der Waals surface area contributed by atoms with Gasteiger partial charge in [-0.25, -0.2) is 14.6 Å². The van der Waals surface area contributed by atoms with Crippen LogP contribution >= 0.6 is 0 Å². The van der Waals surface area contributed by atoms with Gasteiger partial charge in [-0.1, -0.05) is 6.07 Å². The Morgan fingerprint density at radius 2 is 2.42 bits per heavy atom. The molecule has 2 heterocycles. The number of pyridine rings is 1. The van der Waals surface area contributed by atoms with Crippen LogP contribution in [0.1, 0.15) is 18.5 Å². The van der Waals surface area contributed by atoms with Crippen LogP contribution in [0.5, 0.6) is 5.88 Å². The van der Waals surface area contributed by atoms with Crippen molar-refractivity contribution in [1.29, 1.82) is 0 Å². The molecule has 0 spiro atoms. The summed E-state index contributed by atoms with van der Waals surface area (Å²) in [7, 11) is 1.55. The lowest BCUT2D eigenvalue weighted by Crippen LogP contribution is -2.31. The SMILES string of the molecule is COc1ncccc1CNC(=O)[C@H](C)n1cncn1. The molecule has 0 aliphatic rings. The van der Waals surface area contributed by atoms with E-state index in [2.05, 4.69) is 20.4 Å². The maximum absolute atomic E-state index is 12.0. The minimum absolute atomic E-state index is 0.142. The lowest BCUT2D eigenvalue weighted by Gasteiger charge is -2.13. The monoisotopic (exact) mass is 261 g/mol. The van der Waals surface area contributed by atoms with Crippen LogP contribution < -0.4 is 10.1 Å². The van der Waals surface area contributed by atoms with Crippen LogP contribution in [0.15, 0.2) is 31.0 Å². The summed E-state index contributed by atoms with van der Waals surface area (Å²) in [5, 5.41) is 6.75. The van der Waals surface area contributed by atoms with E-state index in [1.54, 1.807) is 26.3 Å². The highest BCUT2D eigenvalue weighted by atomic mass is 16.5. The Kier molecular flexibility index (Phi) is 4.07. The number of ether oxygens (including phenoxy) is 1. The van der Waals surface area contributed by atoms with E-state index in [9.17, 15) is 4.79 Å². The first-order chi connectivity index (χ1) is 9.22. The van der Waals surface area contributed by atoms with Crippen LogP contribution in [0.25, 0.3) is 0 Å². The standard InChI is InChI=1S/C12H15N5O2/c1-9(17-8-13-7-16-17)11(18)15-6-10-4-3-5-14-12(10)19-2/h3-5,7-9H,6H2,1-2H3,(H,15,18)/t9-/m0/s1. The highest BCUT2D eigenvalue weighted by molar-refractivity contribution is 5.79. The third-order valence-corrected chi connectivity index (χ3v) is 2.71. The van der Waals surface area contributed by atoms with Crippen molar-refractivity contribution in [1.82, 2.24) is 25.1 Å². The van der Waals surface area contributed by atoms with E-state index in [0.717, 1.165) is 5.56 Å². The Labute approximate surface area is 110 Å². The molecule has 0 unspecified atom stereocenters. The molecule has 0 aromatic carbocycles. The molecule has 7 heteroatoms. The predicted molar refractivity (Wildman–Crippen MR) is 67.4 cm³/mol. The van der Waals surface area contributed by atoms with Gasteiger partial charge in [0.25, 0.3) is 0 Å². The minimum Gasteiger partial charge on any atom is -0.481 e. The molecule has 0 saturated heterocycles. The lowest BCUT2D eigenvalue weighted by molar-refractivity contribution is -0.124. The van der Waals surface area contributed by atoms with Gasteiger partial charge in [0.15, 0.2) is 0 Å². The quantitative estimate of drug-likeness (QED) is 0.850. The number of amides is 1. The number of rotatable bonds is 5. The van der Waals surface area contributed by atoms with Gasteiger partial charge >= 0.3 is 0 Å². The van der Waals surface area contributed by atoms with Crippen LogP contribution in [-0.4, -0.2) is 32.8 Å². The number of nitrogens with zero attached hydrogens (tertiary/aromatic N) is 4. The molecule has 0 aliphatic carbocycles. The molecule has 0 fully saturated rings. The second-order valence-electron chi connectivity index (χ2n) is 3.94. The Bertz CT molecular complexity index is 541. The number of hydrogen-bond acceptors (Lipinski definition) is 5. The predicted octanol–water partition coefficient (Wildman–Crippen LogP) is 0.559. The van der Waals surface area contributed by atoms with E-state index < -0.39 is 6.04 Å². The number of carbonyl (C=O) groups is 1. The number of hydrogen-bond donors (Lipinski definition) is 1. The maximum Gasteiger partial charge on any atom is 0.244 e. The Morgan fingerprint density at radius 1 is 1.58 bits per heavy atom. The number of nitrogens with one attached hydrogen (secondary N) is 1. The summed E-state index contributed by atoms with van der Waals surface area (Å²) >= 11 is 0. The molecule has 2 rings (SSSR count). The van der Waals surface area contributed by atoms with Crippen LogP contribution in [0, 0.1) is 0 Å². The summed E-state index contributed by atoms with van der Waals surface area (Å²) in [6, 6.07) is 3.24. The molecule has 100 valence electrons. The van der Waals surface area contributed by atoms with Crippen LogP contribution in [-0.2, 0) is 11.3 Å². The average molecular weight is 261 g/mol. The summed E-state index contributed by atoms with van der Waals surface area (Å²) in [5.41, 5.74) is 0.823. The van der Waals surface area contributed by atoms with Gasteiger partial charge in [-0.2, -0.15) is 5.10 Å². The largest absolute Gasteiger partial charge is 0.481 e. The van der Waals surface area contributed by atoms with Crippen molar-refractivity contribution in [2.24, 2.45) is 0 Å². The molecule has 7 nitrogen and oxygen atoms in total. The minimum atomic E-state index is -0.412. The fourth-order valence-electron chi connectivity index (χ4n) is 1.61. The fraction of sp³-hybridized carbons (Fsp3) is 0.333. The van der Waals surface area contributed by atoms with Crippen LogP contribution in [0.3, 0.4) is 0 Å². The van der Waals surface area contributed by atoms with Gasteiger partial charge in [0.2, 0.25) is 11.8 Å². The first-order valence-electron chi connectivity index (χ1n) is 5.82. The van der Waals surface area contributed by atoms with Crippen molar-refractivity contribution in [2.45, 2.75) is 19.5 Å². The normalized spacial score (nSPS) is 11.9. The molecule has 19 heavy (non-hydrogen) atoms. The molecular weight excluding hydrogens is 246 g/mol. The zero-order chi connectivity index (χ0) is 13.7. The summed E-state index contributed by atoms with van der Waals surface area (Å²) in [5.74, 6) is 0.368. The van der Waals surface area contributed by atoms with Crippen LogP contribution in [0.2, 0.25) is 0 Å². The molecule has 2 aromatic rings. The molecule has 0 aliphatic heterocycles. The molecule has 0 radical (unpaired) electrons. The number of aromatic nitrogens is 4. The van der Waals surface area contributed by atoms with Gasteiger partial charge in [-0.3, -0.25) is 4.79 Å². The molecule has 0 saturated carbocycles. The van der Waals surface area contributed by atoms with E-state index >= 15 is 0 Å². The molecule has 0 bridgehead atoms. The Hall–Kier alpha value is -2.44. The Morgan fingerprint density at radius 3 is 3.11 bits per heavy atom. The van der Waals surface area contributed by atoms with Crippen molar-refractivity contribution < 1.29 is 9.53 Å². The first-order valence-corrected chi connectivity index (χ1v) is 5.82. The van der Waals surface area contributed by atoms with E-state index in [1.807, 2.05) is 6.07 Å². The molecule has 2 aromatic heterocycles. The van der Waals surface area contributed by atoms with Crippen molar-refractivity contribution >= 4 is 5.91 Å². The average Bonchev–Trinajstić information content (AvgIpc) is 2.98. The van der Waals surface area contributed by atoms with Crippen molar-refractivity contribution in [3.05, 3.63) is 36.5 Å². The third-order valence-electron chi connectivity index (χ3n) is 2.71. The molecular formula is C12H15N5O2. The molecule has 1 atom stereocenters. The second kappa shape index (κ2) is 5.94. The summed E-state index contributed by atoms with van der Waals surface area (Å²) < 4.78 is 6.62. The molecule has 1 N–H and O–H groups in total. The number of methoxy groups -OCH3 is 1. The lowest BCUT2D eigenvalue weighted by atomic mass is 10.2. The van der Waals surface area contributed by atoms with Gasteiger partial charge in [0.05, 0.1) is 7.11 Å². The first kappa shape index (κ1) is 13.0. The number of carbonyl (C=O) groups excluding carboxylic acids is 1. The van der Waals surface area contributed by atoms with E-state index in [4.69, 9.17) is 4.74 Å².